The Morgan fingerprint density at radius 3 is 2.80 bits per heavy atom. The minimum atomic E-state index is 0.678. The molecule has 1 aromatic heterocycles. The fourth-order valence-electron chi connectivity index (χ4n) is 2.14. The lowest BCUT2D eigenvalue weighted by Gasteiger charge is -2.05. The highest BCUT2D eigenvalue weighted by Gasteiger charge is 2.09. The summed E-state index contributed by atoms with van der Waals surface area (Å²) >= 11 is 1.56. The van der Waals surface area contributed by atoms with Crippen LogP contribution in [-0.2, 0) is 6.42 Å². The van der Waals surface area contributed by atoms with Gasteiger partial charge < -0.3 is 10.2 Å². The fraction of sp³-hybridized carbons (Fsp3) is 0.188. The first-order valence-electron chi connectivity index (χ1n) is 6.59. The molecule has 0 radical (unpaired) electrons. The van der Waals surface area contributed by atoms with E-state index in [2.05, 4.69) is 30.1 Å². The van der Waals surface area contributed by atoms with E-state index >= 15 is 0 Å². The molecule has 4 heteroatoms. The summed E-state index contributed by atoms with van der Waals surface area (Å²) in [6.07, 6.45) is 0.911. The van der Waals surface area contributed by atoms with Crippen LogP contribution < -0.4 is 5.73 Å². The van der Waals surface area contributed by atoms with E-state index in [4.69, 9.17) is 10.2 Å². The second kappa shape index (κ2) is 5.69. The fourth-order valence-corrected chi connectivity index (χ4v) is 2.96. The third-order valence-corrected chi connectivity index (χ3v) is 4.17. The summed E-state index contributed by atoms with van der Waals surface area (Å²) in [4.78, 5) is 5.65. The van der Waals surface area contributed by atoms with Gasteiger partial charge >= 0.3 is 0 Å². The van der Waals surface area contributed by atoms with Crippen LogP contribution in [0.15, 0.2) is 57.0 Å². The molecule has 0 saturated heterocycles. The number of oxazole rings is 1. The summed E-state index contributed by atoms with van der Waals surface area (Å²) in [5.41, 5.74) is 9.80. The van der Waals surface area contributed by atoms with Crippen molar-refractivity contribution in [2.24, 2.45) is 5.73 Å². The van der Waals surface area contributed by atoms with Gasteiger partial charge in [0.05, 0.1) is 0 Å². The molecule has 0 aliphatic carbocycles. The molecule has 0 aliphatic rings. The molecule has 0 amide bonds. The molecule has 0 saturated carbocycles. The van der Waals surface area contributed by atoms with Crippen molar-refractivity contribution in [3.63, 3.8) is 0 Å². The Labute approximate surface area is 122 Å². The summed E-state index contributed by atoms with van der Waals surface area (Å²) in [5, 5.41) is 0.681. The highest BCUT2D eigenvalue weighted by Crippen LogP contribution is 2.32. The number of benzene rings is 2. The molecule has 1 heterocycles. The molecule has 2 N–H and O–H groups in total. The van der Waals surface area contributed by atoms with Crippen LogP contribution >= 0.6 is 11.8 Å². The number of hydrogen-bond acceptors (Lipinski definition) is 4. The molecule has 0 spiro atoms. The predicted molar refractivity (Wildman–Crippen MR) is 82.1 cm³/mol. The Bertz CT molecular complexity index is 703. The maximum absolute atomic E-state index is 5.74. The SMILES string of the molecule is Cc1cc(CCN)ccc1Sc1nc2ccccc2o1. The van der Waals surface area contributed by atoms with Crippen molar-refractivity contribution >= 4 is 22.9 Å². The van der Waals surface area contributed by atoms with Gasteiger partial charge in [0.1, 0.15) is 5.52 Å². The number of rotatable bonds is 4. The lowest BCUT2D eigenvalue weighted by Crippen LogP contribution is -2.02. The second-order valence-corrected chi connectivity index (χ2v) is 5.68. The normalized spacial score (nSPS) is 11.1. The Balaban J connectivity index is 1.86. The first kappa shape index (κ1) is 13.2. The van der Waals surface area contributed by atoms with Gasteiger partial charge in [-0.3, -0.25) is 0 Å². The topological polar surface area (TPSA) is 52.0 Å². The smallest absolute Gasteiger partial charge is 0.261 e. The minimum Gasteiger partial charge on any atom is -0.431 e. The van der Waals surface area contributed by atoms with Gasteiger partial charge in [-0.05, 0) is 61.0 Å². The van der Waals surface area contributed by atoms with E-state index in [-0.39, 0.29) is 0 Å². The van der Waals surface area contributed by atoms with Crippen molar-refractivity contribution in [2.45, 2.75) is 23.5 Å². The number of para-hydroxylation sites is 2. The van der Waals surface area contributed by atoms with Crippen molar-refractivity contribution in [1.29, 1.82) is 0 Å². The number of aromatic nitrogens is 1. The number of hydrogen-bond donors (Lipinski definition) is 1. The molecule has 2 aromatic carbocycles. The maximum atomic E-state index is 5.74. The zero-order chi connectivity index (χ0) is 13.9. The first-order chi connectivity index (χ1) is 9.76. The average Bonchev–Trinajstić information content (AvgIpc) is 2.84. The minimum absolute atomic E-state index is 0.678. The van der Waals surface area contributed by atoms with E-state index in [1.54, 1.807) is 11.8 Å². The third kappa shape index (κ3) is 2.71. The van der Waals surface area contributed by atoms with E-state index in [1.807, 2.05) is 24.3 Å². The molecule has 0 bridgehead atoms. The highest BCUT2D eigenvalue weighted by atomic mass is 32.2. The Morgan fingerprint density at radius 1 is 1.20 bits per heavy atom. The summed E-state index contributed by atoms with van der Waals surface area (Å²) in [6, 6.07) is 14.2. The van der Waals surface area contributed by atoms with Crippen LogP contribution in [0.3, 0.4) is 0 Å². The molecule has 3 aromatic rings. The van der Waals surface area contributed by atoms with Crippen LogP contribution in [-0.4, -0.2) is 11.5 Å². The summed E-state index contributed by atoms with van der Waals surface area (Å²) in [7, 11) is 0. The Kier molecular flexibility index (Phi) is 3.76. The summed E-state index contributed by atoms with van der Waals surface area (Å²) in [5.74, 6) is 0. The van der Waals surface area contributed by atoms with Crippen molar-refractivity contribution in [1.82, 2.24) is 4.98 Å². The summed E-state index contributed by atoms with van der Waals surface area (Å²) < 4.78 is 5.74. The van der Waals surface area contributed by atoms with Gasteiger partial charge in [0, 0.05) is 4.90 Å². The number of nitrogens with two attached hydrogens (primary N) is 1. The predicted octanol–water partition coefficient (Wildman–Crippen LogP) is 3.79. The molecule has 102 valence electrons. The lowest BCUT2D eigenvalue weighted by molar-refractivity contribution is 0.489. The standard InChI is InChI=1S/C16H16N2OS/c1-11-10-12(8-9-17)6-7-15(11)20-16-18-13-4-2-3-5-14(13)19-16/h2-7,10H,8-9,17H2,1H3. The molecular weight excluding hydrogens is 268 g/mol. The lowest BCUT2D eigenvalue weighted by atomic mass is 10.1. The number of nitrogens with zero attached hydrogens (tertiary/aromatic N) is 1. The number of fused-ring (bicyclic) bond motifs is 1. The van der Waals surface area contributed by atoms with Crippen LogP contribution in [0, 0.1) is 6.92 Å². The summed E-state index contributed by atoms with van der Waals surface area (Å²) in [6.45, 7) is 2.78. The van der Waals surface area contributed by atoms with Crippen LogP contribution in [0.2, 0.25) is 0 Å². The third-order valence-electron chi connectivity index (χ3n) is 3.14. The molecular formula is C16H16N2OS. The molecule has 3 nitrogen and oxygen atoms in total. The second-order valence-electron chi connectivity index (χ2n) is 4.69. The van der Waals surface area contributed by atoms with Crippen molar-refractivity contribution in [2.75, 3.05) is 6.54 Å². The zero-order valence-corrected chi connectivity index (χ0v) is 12.1. The van der Waals surface area contributed by atoms with Crippen molar-refractivity contribution in [3.8, 4) is 0 Å². The Hall–Kier alpha value is -1.78. The van der Waals surface area contributed by atoms with Crippen molar-refractivity contribution < 1.29 is 4.42 Å². The van der Waals surface area contributed by atoms with Gasteiger partial charge in [-0.25, -0.2) is 4.98 Å². The molecule has 0 fully saturated rings. The zero-order valence-electron chi connectivity index (χ0n) is 11.3. The quantitative estimate of drug-likeness (QED) is 0.792. The molecule has 3 rings (SSSR count). The van der Waals surface area contributed by atoms with Crippen LogP contribution in [0.4, 0.5) is 0 Å². The monoisotopic (exact) mass is 284 g/mol. The maximum Gasteiger partial charge on any atom is 0.261 e. The van der Waals surface area contributed by atoms with Gasteiger partial charge in [-0.2, -0.15) is 0 Å². The van der Waals surface area contributed by atoms with Gasteiger partial charge in [0.25, 0.3) is 5.22 Å². The number of aryl methyl sites for hydroxylation is 1. The van der Waals surface area contributed by atoms with E-state index in [0.717, 1.165) is 22.4 Å². The first-order valence-corrected chi connectivity index (χ1v) is 7.41. The van der Waals surface area contributed by atoms with E-state index in [9.17, 15) is 0 Å². The Morgan fingerprint density at radius 2 is 2.05 bits per heavy atom. The van der Waals surface area contributed by atoms with Gasteiger partial charge in [-0.1, -0.05) is 24.3 Å². The van der Waals surface area contributed by atoms with E-state index in [0.29, 0.717) is 11.8 Å². The van der Waals surface area contributed by atoms with E-state index < -0.39 is 0 Å². The largest absolute Gasteiger partial charge is 0.431 e. The van der Waals surface area contributed by atoms with Crippen LogP contribution in [0.1, 0.15) is 11.1 Å². The van der Waals surface area contributed by atoms with Gasteiger partial charge in [0.15, 0.2) is 5.58 Å². The van der Waals surface area contributed by atoms with E-state index in [1.165, 1.54) is 11.1 Å². The van der Waals surface area contributed by atoms with Crippen molar-refractivity contribution in [3.05, 3.63) is 53.6 Å². The van der Waals surface area contributed by atoms with Crippen LogP contribution in [0.5, 0.6) is 0 Å². The molecule has 0 atom stereocenters. The highest BCUT2D eigenvalue weighted by molar-refractivity contribution is 7.99. The average molecular weight is 284 g/mol. The van der Waals surface area contributed by atoms with Crippen LogP contribution in [0.25, 0.3) is 11.1 Å². The van der Waals surface area contributed by atoms with Gasteiger partial charge in [0.2, 0.25) is 0 Å². The molecule has 20 heavy (non-hydrogen) atoms. The van der Waals surface area contributed by atoms with Gasteiger partial charge in [-0.15, -0.1) is 0 Å². The molecule has 0 unspecified atom stereocenters. The molecule has 0 aliphatic heterocycles.